The fourth-order valence-corrected chi connectivity index (χ4v) is 4.28. The first-order chi connectivity index (χ1) is 12.9. The molecule has 0 radical (unpaired) electrons. The van der Waals surface area contributed by atoms with Crippen molar-refractivity contribution in [1.82, 2.24) is 4.98 Å². The minimum absolute atomic E-state index is 0.0388. The summed E-state index contributed by atoms with van der Waals surface area (Å²) in [7, 11) is 0. The van der Waals surface area contributed by atoms with E-state index >= 15 is 0 Å². The molecule has 0 unspecified atom stereocenters. The molecular weight excluding hydrogens is 336 g/mol. The molecule has 0 spiro atoms. The summed E-state index contributed by atoms with van der Waals surface area (Å²) in [5, 5.41) is 0. The smallest absolute Gasteiger partial charge is 0.232 e. The van der Waals surface area contributed by atoms with Crippen LogP contribution in [0.3, 0.4) is 0 Å². The van der Waals surface area contributed by atoms with Crippen molar-refractivity contribution in [3.05, 3.63) is 71.2 Å². The highest BCUT2D eigenvalue weighted by Gasteiger charge is 2.44. The van der Waals surface area contributed by atoms with Crippen LogP contribution in [-0.2, 0) is 9.59 Å². The van der Waals surface area contributed by atoms with Gasteiger partial charge in [0, 0.05) is 48.1 Å². The van der Waals surface area contributed by atoms with Crippen LogP contribution >= 0.6 is 0 Å². The SMILES string of the molecule is Cc1ccc(N2C(=O)C[C@H](c3cccnc3)C3=C2CC(C)(C)CC3=O)cc1. The number of carbonyl (C=O) groups is 2. The molecule has 4 nitrogen and oxygen atoms in total. The highest BCUT2D eigenvalue weighted by Crippen LogP contribution is 2.47. The average Bonchev–Trinajstić information content (AvgIpc) is 2.62. The van der Waals surface area contributed by atoms with Gasteiger partial charge in [0.15, 0.2) is 5.78 Å². The number of hydrogen-bond donors (Lipinski definition) is 0. The maximum atomic E-state index is 13.2. The van der Waals surface area contributed by atoms with Crippen LogP contribution in [0.25, 0.3) is 0 Å². The Hall–Kier alpha value is -2.75. The van der Waals surface area contributed by atoms with E-state index in [2.05, 4.69) is 18.8 Å². The summed E-state index contributed by atoms with van der Waals surface area (Å²) >= 11 is 0. The molecule has 1 aliphatic carbocycles. The van der Waals surface area contributed by atoms with E-state index in [1.807, 2.05) is 43.3 Å². The lowest BCUT2D eigenvalue weighted by Crippen LogP contribution is -2.43. The monoisotopic (exact) mass is 360 g/mol. The molecule has 0 bridgehead atoms. The van der Waals surface area contributed by atoms with Gasteiger partial charge in [0.1, 0.15) is 0 Å². The number of ketones is 1. The quantitative estimate of drug-likeness (QED) is 0.789. The van der Waals surface area contributed by atoms with Crippen LogP contribution in [-0.4, -0.2) is 16.7 Å². The van der Waals surface area contributed by atoms with Crippen molar-refractivity contribution in [3.63, 3.8) is 0 Å². The number of aryl methyl sites for hydroxylation is 1. The van der Waals surface area contributed by atoms with Gasteiger partial charge >= 0.3 is 0 Å². The Morgan fingerprint density at radius 2 is 1.81 bits per heavy atom. The van der Waals surface area contributed by atoms with E-state index in [-0.39, 0.29) is 23.0 Å². The van der Waals surface area contributed by atoms with Gasteiger partial charge < -0.3 is 0 Å². The first-order valence-electron chi connectivity index (χ1n) is 9.41. The van der Waals surface area contributed by atoms with E-state index < -0.39 is 0 Å². The molecular formula is C23H24N2O2. The molecule has 1 aromatic carbocycles. The van der Waals surface area contributed by atoms with Gasteiger partial charge in [-0.1, -0.05) is 37.6 Å². The molecule has 0 saturated carbocycles. The summed E-state index contributed by atoms with van der Waals surface area (Å²) < 4.78 is 0. The number of rotatable bonds is 2. The van der Waals surface area contributed by atoms with Gasteiger partial charge in [0.25, 0.3) is 0 Å². The molecule has 4 rings (SSSR count). The van der Waals surface area contributed by atoms with Gasteiger partial charge in [-0.05, 0) is 42.5 Å². The molecule has 0 fully saturated rings. The largest absolute Gasteiger partial charge is 0.294 e. The number of anilines is 1. The maximum Gasteiger partial charge on any atom is 0.232 e. The molecule has 2 aromatic rings. The fourth-order valence-electron chi connectivity index (χ4n) is 4.28. The van der Waals surface area contributed by atoms with E-state index in [0.717, 1.165) is 28.1 Å². The lowest BCUT2D eigenvalue weighted by Gasteiger charge is -2.42. The Kier molecular flexibility index (Phi) is 4.22. The second-order valence-electron chi connectivity index (χ2n) is 8.41. The Bertz CT molecular complexity index is 927. The number of hydrogen-bond acceptors (Lipinski definition) is 3. The van der Waals surface area contributed by atoms with Gasteiger partial charge in [-0.15, -0.1) is 0 Å². The van der Waals surface area contributed by atoms with Crippen LogP contribution in [0.1, 0.15) is 50.2 Å². The Morgan fingerprint density at radius 1 is 1.07 bits per heavy atom. The molecule has 0 N–H and O–H groups in total. The molecule has 1 aromatic heterocycles. The lowest BCUT2D eigenvalue weighted by molar-refractivity contribution is -0.121. The van der Waals surface area contributed by atoms with E-state index in [4.69, 9.17) is 0 Å². The zero-order chi connectivity index (χ0) is 19.2. The van der Waals surface area contributed by atoms with Crippen LogP contribution in [0.4, 0.5) is 5.69 Å². The number of amides is 1. The number of carbonyl (C=O) groups excluding carboxylic acids is 2. The summed E-state index contributed by atoms with van der Waals surface area (Å²) in [4.78, 5) is 32.3. The summed E-state index contributed by atoms with van der Waals surface area (Å²) in [6.45, 7) is 6.22. The molecule has 27 heavy (non-hydrogen) atoms. The van der Waals surface area contributed by atoms with E-state index in [1.165, 1.54) is 0 Å². The summed E-state index contributed by atoms with van der Waals surface area (Å²) in [6.07, 6.45) is 5.01. The zero-order valence-corrected chi connectivity index (χ0v) is 16.0. The number of Topliss-reactive ketones (excluding diaryl/α,β-unsaturated/α-hetero) is 1. The van der Waals surface area contributed by atoms with Crippen molar-refractivity contribution < 1.29 is 9.59 Å². The van der Waals surface area contributed by atoms with Crippen molar-refractivity contribution >= 4 is 17.4 Å². The third-order valence-corrected chi connectivity index (χ3v) is 5.52. The fraction of sp³-hybridized carbons (Fsp3) is 0.348. The number of aromatic nitrogens is 1. The minimum Gasteiger partial charge on any atom is -0.294 e. The van der Waals surface area contributed by atoms with Crippen molar-refractivity contribution in [2.24, 2.45) is 5.41 Å². The van der Waals surface area contributed by atoms with Gasteiger partial charge in [0.2, 0.25) is 5.91 Å². The average molecular weight is 360 g/mol. The number of pyridine rings is 1. The summed E-state index contributed by atoms with van der Waals surface area (Å²) in [6, 6.07) is 11.8. The van der Waals surface area contributed by atoms with Crippen LogP contribution in [0.5, 0.6) is 0 Å². The van der Waals surface area contributed by atoms with E-state index in [1.54, 1.807) is 17.3 Å². The number of benzene rings is 1. The molecule has 2 heterocycles. The third kappa shape index (κ3) is 3.20. The third-order valence-electron chi connectivity index (χ3n) is 5.52. The highest BCUT2D eigenvalue weighted by molar-refractivity contribution is 6.07. The molecule has 4 heteroatoms. The van der Waals surface area contributed by atoms with Gasteiger partial charge in [-0.3, -0.25) is 19.5 Å². The second-order valence-corrected chi connectivity index (χ2v) is 8.41. The van der Waals surface area contributed by atoms with E-state index in [0.29, 0.717) is 19.3 Å². The minimum atomic E-state index is -0.202. The Morgan fingerprint density at radius 3 is 2.48 bits per heavy atom. The maximum absolute atomic E-state index is 13.2. The van der Waals surface area contributed by atoms with Gasteiger partial charge in [-0.25, -0.2) is 0 Å². The van der Waals surface area contributed by atoms with Crippen LogP contribution < -0.4 is 4.90 Å². The Labute approximate surface area is 159 Å². The van der Waals surface area contributed by atoms with Crippen LogP contribution in [0.2, 0.25) is 0 Å². The van der Waals surface area contributed by atoms with Crippen LogP contribution in [0.15, 0.2) is 60.1 Å². The van der Waals surface area contributed by atoms with Crippen molar-refractivity contribution in [2.75, 3.05) is 4.90 Å². The Balaban J connectivity index is 1.89. The number of allylic oxidation sites excluding steroid dienone is 2. The van der Waals surface area contributed by atoms with Crippen molar-refractivity contribution in [1.29, 1.82) is 0 Å². The lowest BCUT2D eigenvalue weighted by atomic mass is 9.69. The molecule has 1 aliphatic heterocycles. The second kappa shape index (κ2) is 6.45. The number of nitrogens with zero attached hydrogens (tertiary/aromatic N) is 2. The van der Waals surface area contributed by atoms with Crippen molar-refractivity contribution in [3.8, 4) is 0 Å². The first kappa shape index (κ1) is 17.7. The summed E-state index contributed by atoms with van der Waals surface area (Å²) in [5.41, 5.74) is 4.43. The highest BCUT2D eigenvalue weighted by atomic mass is 16.2. The molecule has 1 amide bonds. The van der Waals surface area contributed by atoms with Gasteiger partial charge in [-0.2, -0.15) is 0 Å². The van der Waals surface area contributed by atoms with E-state index in [9.17, 15) is 9.59 Å². The molecule has 2 aliphatic rings. The normalized spacial score (nSPS) is 22.0. The molecule has 0 saturated heterocycles. The predicted octanol–water partition coefficient (Wildman–Crippen LogP) is 4.55. The molecule has 1 atom stereocenters. The first-order valence-corrected chi connectivity index (χ1v) is 9.41. The van der Waals surface area contributed by atoms with Crippen molar-refractivity contribution in [2.45, 2.75) is 46.0 Å². The standard InChI is InChI=1S/C23H24N2O2/c1-15-6-8-17(9-7-15)25-19-12-23(2,3)13-20(26)22(19)18(11-21(25)27)16-5-4-10-24-14-16/h4-10,14,18H,11-13H2,1-3H3/t18-/m1/s1. The summed E-state index contributed by atoms with van der Waals surface area (Å²) in [5.74, 6) is -0.0110. The van der Waals surface area contributed by atoms with Gasteiger partial charge in [0.05, 0.1) is 0 Å². The zero-order valence-electron chi connectivity index (χ0n) is 16.0. The predicted molar refractivity (Wildman–Crippen MR) is 105 cm³/mol. The topological polar surface area (TPSA) is 50.3 Å². The van der Waals surface area contributed by atoms with Crippen LogP contribution in [0, 0.1) is 12.3 Å². The molecule has 138 valence electrons.